The van der Waals surface area contributed by atoms with Gasteiger partial charge in [0, 0.05) is 6.08 Å². The van der Waals surface area contributed by atoms with Gasteiger partial charge in [0.05, 0.1) is 36.4 Å². The average molecular weight is 530 g/mol. The minimum absolute atomic E-state index is 0.0270. The first-order chi connectivity index (χ1) is 17.2. The molecule has 0 unspecified atom stereocenters. The zero-order valence-corrected chi connectivity index (χ0v) is 22.1. The normalized spacial score (nSPS) is 11.4. The molecular weight excluding hydrogens is 502 g/mol. The lowest BCUT2D eigenvalue weighted by molar-refractivity contribution is -0.113. The van der Waals surface area contributed by atoms with Crippen LogP contribution in [0.1, 0.15) is 24.5 Å². The predicted molar refractivity (Wildman–Crippen MR) is 142 cm³/mol. The van der Waals surface area contributed by atoms with Crippen LogP contribution in [0.3, 0.4) is 0 Å². The number of halogens is 1. The zero-order valence-electron chi connectivity index (χ0n) is 20.5. The molecule has 0 aliphatic carbocycles. The summed E-state index contributed by atoms with van der Waals surface area (Å²) in [6.45, 7) is 4.39. The highest BCUT2D eigenvalue weighted by atomic mass is 35.5. The Morgan fingerprint density at radius 2 is 1.61 bits per heavy atom. The molecule has 0 fully saturated rings. The summed E-state index contributed by atoms with van der Waals surface area (Å²) < 4.78 is 44.1. The Bertz CT molecular complexity index is 1350. The molecule has 0 N–H and O–H groups in total. The number of anilines is 1. The summed E-state index contributed by atoms with van der Waals surface area (Å²) in [7, 11) is -1.28. The smallest absolute Gasteiger partial charge is 0.271 e. The van der Waals surface area contributed by atoms with Crippen molar-refractivity contribution in [2.45, 2.75) is 25.2 Å². The summed E-state index contributed by atoms with van der Waals surface area (Å²) in [5, 5.41) is 0.170. The summed E-state index contributed by atoms with van der Waals surface area (Å²) in [6, 6.07) is 15.8. The van der Waals surface area contributed by atoms with Crippen LogP contribution < -0.4 is 18.5 Å². The molecule has 3 aromatic rings. The molecule has 0 heterocycles. The topological polar surface area (TPSA) is 82.1 Å². The highest BCUT2D eigenvalue weighted by molar-refractivity contribution is 7.93. The molecule has 3 rings (SSSR count). The van der Waals surface area contributed by atoms with Crippen molar-refractivity contribution in [3.8, 4) is 17.2 Å². The second-order valence-corrected chi connectivity index (χ2v) is 10.0. The van der Waals surface area contributed by atoms with E-state index in [1.165, 1.54) is 56.7 Å². The molecule has 3 aromatic carbocycles. The molecule has 0 saturated heterocycles. The van der Waals surface area contributed by atoms with E-state index in [4.69, 9.17) is 25.8 Å². The number of ether oxygens (including phenoxy) is 3. The van der Waals surface area contributed by atoms with Gasteiger partial charge in [0.1, 0.15) is 5.75 Å². The van der Waals surface area contributed by atoms with Crippen LogP contribution in [0.5, 0.6) is 17.2 Å². The Hall–Kier alpha value is -3.49. The average Bonchev–Trinajstić information content (AvgIpc) is 2.86. The molecule has 7 nitrogen and oxygen atoms in total. The van der Waals surface area contributed by atoms with Gasteiger partial charge in [-0.2, -0.15) is 4.31 Å². The maximum atomic E-state index is 13.6. The molecule has 0 atom stereocenters. The van der Waals surface area contributed by atoms with Crippen molar-refractivity contribution in [2.75, 3.05) is 25.1 Å². The second kappa shape index (κ2) is 12.0. The third-order valence-corrected chi connectivity index (χ3v) is 7.23. The van der Waals surface area contributed by atoms with Gasteiger partial charge < -0.3 is 14.2 Å². The fourth-order valence-corrected chi connectivity index (χ4v) is 4.97. The van der Waals surface area contributed by atoms with Gasteiger partial charge in [0.15, 0.2) is 11.5 Å². The lowest BCUT2D eigenvalue weighted by Gasteiger charge is -2.22. The van der Waals surface area contributed by atoms with Crippen LogP contribution in [-0.4, -0.2) is 35.2 Å². The summed E-state index contributed by atoms with van der Waals surface area (Å²) in [6.07, 6.45) is 3.54. The minimum Gasteiger partial charge on any atom is -0.495 e. The number of hydrogen-bond donors (Lipinski definition) is 0. The molecular formula is C27H28ClNO6S. The number of nitrogens with zero attached hydrogens (tertiary/aromatic N) is 1. The van der Waals surface area contributed by atoms with E-state index in [0.717, 1.165) is 16.3 Å². The Balaban J connectivity index is 2.01. The molecule has 1 amide bonds. The molecule has 9 heteroatoms. The summed E-state index contributed by atoms with van der Waals surface area (Å²) in [5.41, 5.74) is 1.60. The van der Waals surface area contributed by atoms with E-state index < -0.39 is 15.9 Å². The molecule has 0 saturated carbocycles. The number of rotatable bonds is 10. The van der Waals surface area contributed by atoms with E-state index >= 15 is 0 Å². The fourth-order valence-electron chi connectivity index (χ4n) is 3.34. The van der Waals surface area contributed by atoms with E-state index in [9.17, 15) is 13.2 Å². The van der Waals surface area contributed by atoms with Crippen molar-refractivity contribution in [1.29, 1.82) is 0 Å². The molecule has 0 aromatic heterocycles. The van der Waals surface area contributed by atoms with E-state index in [1.807, 2.05) is 13.8 Å². The molecule has 0 radical (unpaired) electrons. The van der Waals surface area contributed by atoms with Crippen LogP contribution in [0.25, 0.3) is 6.08 Å². The molecule has 0 aliphatic heterocycles. The monoisotopic (exact) mass is 529 g/mol. The minimum atomic E-state index is -4.25. The first kappa shape index (κ1) is 27.1. The summed E-state index contributed by atoms with van der Waals surface area (Å²) in [5.74, 6) is 0.666. The lowest BCUT2D eigenvalue weighted by Crippen LogP contribution is -2.35. The Labute approximate surface area is 216 Å². The van der Waals surface area contributed by atoms with Crippen LogP contribution in [0.4, 0.5) is 5.69 Å². The maximum absolute atomic E-state index is 13.6. The number of aryl methyl sites for hydroxylation is 1. The van der Waals surface area contributed by atoms with Gasteiger partial charge in [-0.05, 0) is 67.4 Å². The fraction of sp³-hybridized carbons (Fsp3) is 0.222. The van der Waals surface area contributed by atoms with Crippen molar-refractivity contribution >= 4 is 39.3 Å². The van der Waals surface area contributed by atoms with E-state index in [1.54, 1.807) is 30.3 Å². The van der Waals surface area contributed by atoms with Gasteiger partial charge in [0.2, 0.25) is 0 Å². The highest BCUT2D eigenvalue weighted by Gasteiger charge is 2.30. The first-order valence-corrected chi connectivity index (χ1v) is 13.0. The third kappa shape index (κ3) is 6.19. The Kier molecular flexibility index (Phi) is 9.01. The molecule has 190 valence electrons. The van der Waals surface area contributed by atoms with Crippen LogP contribution in [0.15, 0.2) is 71.6 Å². The largest absolute Gasteiger partial charge is 0.495 e. The molecule has 0 aliphatic rings. The number of benzene rings is 3. The predicted octanol–water partition coefficient (Wildman–Crippen LogP) is 5.89. The SMILES string of the molecule is CCCOc1ccc(/C=C/C(=O)N(c2ccc(OC)c(Cl)c2)S(=O)(=O)c2ccc(C)cc2)cc1OC. The number of methoxy groups -OCH3 is 2. The van der Waals surface area contributed by atoms with Crippen LogP contribution in [-0.2, 0) is 14.8 Å². The zero-order chi connectivity index (χ0) is 26.3. The van der Waals surface area contributed by atoms with Crippen molar-refractivity contribution < 1.29 is 27.4 Å². The Morgan fingerprint density at radius 1 is 0.944 bits per heavy atom. The number of carbonyl (C=O) groups excluding carboxylic acids is 1. The number of sulfonamides is 1. The summed E-state index contributed by atoms with van der Waals surface area (Å²) in [4.78, 5) is 13.3. The van der Waals surface area contributed by atoms with Gasteiger partial charge >= 0.3 is 0 Å². The standard InChI is InChI=1S/C27H28ClNO6S/c1-5-16-35-25-13-8-20(17-26(25)34-4)9-15-27(30)29(21-10-14-24(33-3)23(28)18-21)36(31,32)22-11-6-19(2)7-12-22/h6-15,17-18H,5,16H2,1-4H3/b15-9+. The van der Waals surface area contributed by atoms with E-state index in [2.05, 4.69) is 0 Å². The first-order valence-electron chi connectivity index (χ1n) is 11.2. The van der Waals surface area contributed by atoms with Crippen molar-refractivity contribution in [3.63, 3.8) is 0 Å². The van der Waals surface area contributed by atoms with Crippen LogP contribution >= 0.6 is 11.6 Å². The lowest BCUT2D eigenvalue weighted by atomic mass is 10.2. The van der Waals surface area contributed by atoms with Crippen molar-refractivity contribution in [2.24, 2.45) is 0 Å². The van der Waals surface area contributed by atoms with Gasteiger partial charge in [-0.1, -0.05) is 42.3 Å². The number of hydrogen-bond acceptors (Lipinski definition) is 6. The van der Waals surface area contributed by atoms with E-state index in [0.29, 0.717) is 29.4 Å². The van der Waals surface area contributed by atoms with Gasteiger partial charge in [-0.3, -0.25) is 4.79 Å². The number of carbonyl (C=O) groups is 1. The Morgan fingerprint density at radius 3 is 2.22 bits per heavy atom. The van der Waals surface area contributed by atoms with Crippen molar-refractivity contribution in [1.82, 2.24) is 0 Å². The second-order valence-electron chi connectivity index (χ2n) is 7.83. The quantitative estimate of drug-likeness (QED) is 0.305. The molecule has 0 bridgehead atoms. The van der Waals surface area contributed by atoms with Gasteiger partial charge in [-0.15, -0.1) is 0 Å². The summed E-state index contributed by atoms with van der Waals surface area (Å²) >= 11 is 6.25. The van der Waals surface area contributed by atoms with Gasteiger partial charge in [0.25, 0.3) is 15.9 Å². The maximum Gasteiger partial charge on any atom is 0.271 e. The molecule has 0 spiro atoms. The van der Waals surface area contributed by atoms with E-state index in [-0.39, 0.29) is 15.6 Å². The van der Waals surface area contributed by atoms with Crippen LogP contribution in [0, 0.1) is 6.92 Å². The number of amides is 1. The third-order valence-electron chi connectivity index (χ3n) is 5.20. The highest BCUT2D eigenvalue weighted by Crippen LogP contribution is 2.33. The van der Waals surface area contributed by atoms with Crippen LogP contribution in [0.2, 0.25) is 5.02 Å². The molecule has 36 heavy (non-hydrogen) atoms. The van der Waals surface area contributed by atoms with Gasteiger partial charge in [-0.25, -0.2) is 8.42 Å². The van der Waals surface area contributed by atoms with Crippen molar-refractivity contribution in [3.05, 3.63) is 82.9 Å².